The van der Waals surface area contributed by atoms with Crippen molar-refractivity contribution in [2.24, 2.45) is 0 Å². The van der Waals surface area contributed by atoms with E-state index in [1.165, 1.54) is 12.0 Å². The fourth-order valence-electron chi connectivity index (χ4n) is 3.48. The van der Waals surface area contributed by atoms with Crippen LogP contribution < -0.4 is 4.90 Å². The normalized spacial score (nSPS) is 18.1. The third-order valence-electron chi connectivity index (χ3n) is 5.30. The SMILES string of the molecule is COC(=O)c1ccc(/C=C/C(=O)N2CC[NH+](CC(=O)N3CCOCC3)CC2)cc1. The first kappa shape index (κ1) is 21.0. The number of nitrogens with zero attached hydrogens (tertiary/aromatic N) is 2. The van der Waals surface area contributed by atoms with Gasteiger partial charge in [0.2, 0.25) is 5.91 Å². The Kier molecular flexibility index (Phi) is 7.37. The topological polar surface area (TPSA) is 80.6 Å². The van der Waals surface area contributed by atoms with E-state index < -0.39 is 0 Å². The Hall–Kier alpha value is -2.71. The molecule has 29 heavy (non-hydrogen) atoms. The molecule has 0 atom stereocenters. The minimum absolute atomic E-state index is 0.0411. The maximum Gasteiger partial charge on any atom is 0.337 e. The van der Waals surface area contributed by atoms with E-state index in [0.29, 0.717) is 51.5 Å². The number of methoxy groups -OCH3 is 1. The highest BCUT2D eigenvalue weighted by Gasteiger charge is 2.26. The molecule has 1 aromatic carbocycles. The van der Waals surface area contributed by atoms with Gasteiger partial charge in [-0.2, -0.15) is 0 Å². The smallest absolute Gasteiger partial charge is 0.337 e. The summed E-state index contributed by atoms with van der Waals surface area (Å²) in [4.78, 5) is 41.1. The monoisotopic (exact) mass is 402 g/mol. The Morgan fingerprint density at radius 3 is 2.31 bits per heavy atom. The molecule has 2 heterocycles. The van der Waals surface area contributed by atoms with Gasteiger partial charge in [0.05, 0.1) is 52.1 Å². The quantitative estimate of drug-likeness (QED) is 0.509. The zero-order valence-corrected chi connectivity index (χ0v) is 16.8. The van der Waals surface area contributed by atoms with E-state index in [-0.39, 0.29) is 17.8 Å². The van der Waals surface area contributed by atoms with Crippen molar-refractivity contribution in [3.8, 4) is 0 Å². The molecule has 0 radical (unpaired) electrons. The first-order valence-electron chi connectivity index (χ1n) is 9.91. The fraction of sp³-hybridized carbons (Fsp3) is 0.476. The van der Waals surface area contributed by atoms with Gasteiger partial charge in [-0.15, -0.1) is 0 Å². The van der Waals surface area contributed by atoms with Gasteiger partial charge in [0.1, 0.15) is 0 Å². The number of quaternary nitrogens is 1. The second kappa shape index (κ2) is 10.2. The van der Waals surface area contributed by atoms with Crippen molar-refractivity contribution in [1.29, 1.82) is 0 Å². The Bertz CT molecular complexity index is 748. The molecule has 2 fully saturated rings. The maximum atomic E-state index is 12.4. The molecule has 0 saturated carbocycles. The second-order valence-electron chi connectivity index (χ2n) is 7.19. The first-order valence-corrected chi connectivity index (χ1v) is 9.91. The number of esters is 1. The van der Waals surface area contributed by atoms with Gasteiger partial charge in [-0.25, -0.2) is 4.79 Å². The van der Waals surface area contributed by atoms with Crippen molar-refractivity contribution < 1.29 is 28.8 Å². The predicted octanol–water partition coefficient (Wildman–Crippen LogP) is -0.928. The van der Waals surface area contributed by atoms with Gasteiger partial charge in [-0.1, -0.05) is 12.1 Å². The predicted molar refractivity (Wildman–Crippen MR) is 106 cm³/mol. The molecule has 0 unspecified atom stereocenters. The minimum atomic E-state index is -0.385. The number of piperazine rings is 1. The zero-order valence-electron chi connectivity index (χ0n) is 16.8. The molecule has 2 saturated heterocycles. The number of hydrogen-bond acceptors (Lipinski definition) is 5. The largest absolute Gasteiger partial charge is 0.465 e. The summed E-state index contributed by atoms with van der Waals surface area (Å²) in [6.07, 6.45) is 3.29. The Labute approximate surface area is 170 Å². The average Bonchev–Trinajstić information content (AvgIpc) is 2.78. The van der Waals surface area contributed by atoms with Crippen LogP contribution in [0.25, 0.3) is 6.08 Å². The molecule has 1 aromatic rings. The van der Waals surface area contributed by atoms with Gasteiger partial charge < -0.3 is 24.2 Å². The van der Waals surface area contributed by atoms with Gasteiger partial charge >= 0.3 is 5.97 Å². The van der Waals surface area contributed by atoms with Gasteiger partial charge in [0, 0.05) is 19.2 Å². The molecule has 156 valence electrons. The number of hydrogen-bond donors (Lipinski definition) is 1. The lowest BCUT2D eigenvalue weighted by Gasteiger charge is -2.33. The Balaban J connectivity index is 1.44. The number of benzene rings is 1. The summed E-state index contributed by atoms with van der Waals surface area (Å²) in [5, 5.41) is 0. The van der Waals surface area contributed by atoms with Crippen molar-refractivity contribution in [2.45, 2.75) is 0 Å². The van der Waals surface area contributed by atoms with E-state index in [4.69, 9.17) is 4.74 Å². The third-order valence-corrected chi connectivity index (χ3v) is 5.30. The van der Waals surface area contributed by atoms with E-state index in [1.807, 2.05) is 9.80 Å². The van der Waals surface area contributed by atoms with E-state index in [9.17, 15) is 14.4 Å². The van der Waals surface area contributed by atoms with Crippen molar-refractivity contribution in [3.63, 3.8) is 0 Å². The van der Waals surface area contributed by atoms with Gasteiger partial charge in [-0.3, -0.25) is 9.59 Å². The summed E-state index contributed by atoms with van der Waals surface area (Å²) in [6.45, 7) is 5.84. The molecule has 1 N–H and O–H groups in total. The lowest BCUT2D eigenvalue weighted by atomic mass is 10.1. The number of rotatable bonds is 5. The van der Waals surface area contributed by atoms with Crippen LogP contribution in [0.2, 0.25) is 0 Å². The molecule has 3 rings (SSSR count). The van der Waals surface area contributed by atoms with E-state index >= 15 is 0 Å². The van der Waals surface area contributed by atoms with Crippen LogP contribution >= 0.6 is 0 Å². The minimum Gasteiger partial charge on any atom is -0.465 e. The molecule has 2 amide bonds. The van der Waals surface area contributed by atoms with Crippen molar-refractivity contribution in [1.82, 2.24) is 9.80 Å². The van der Waals surface area contributed by atoms with E-state index in [2.05, 4.69) is 4.74 Å². The van der Waals surface area contributed by atoms with Crippen LogP contribution in [0.15, 0.2) is 30.3 Å². The van der Waals surface area contributed by atoms with Crippen LogP contribution in [0.5, 0.6) is 0 Å². The molecular weight excluding hydrogens is 374 g/mol. The van der Waals surface area contributed by atoms with E-state index in [0.717, 1.165) is 18.7 Å². The highest BCUT2D eigenvalue weighted by molar-refractivity contribution is 5.92. The Morgan fingerprint density at radius 1 is 1.03 bits per heavy atom. The summed E-state index contributed by atoms with van der Waals surface area (Å²) >= 11 is 0. The molecular formula is C21H28N3O5+. The van der Waals surface area contributed by atoms with Crippen LogP contribution in [-0.2, 0) is 19.1 Å². The summed E-state index contributed by atoms with van der Waals surface area (Å²) in [7, 11) is 1.34. The van der Waals surface area contributed by atoms with Crippen LogP contribution in [0.1, 0.15) is 15.9 Å². The molecule has 0 spiro atoms. The van der Waals surface area contributed by atoms with E-state index in [1.54, 1.807) is 36.4 Å². The van der Waals surface area contributed by atoms with Crippen LogP contribution in [0.4, 0.5) is 0 Å². The maximum absolute atomic E-state index is 12.4. The highest BCUT2D eigenvalue weighted by atomic mass is 16.5. The zero-order chi connectivity index (χ0) is 20.6. The summed E-state index contributed by atoms with van der Waals surface area (Å²) in [5.41, 5.74) is 1.31. The molecule has 0 bridgehead atoms. The molecule has 0 aromatic heterocycles. The first-order chi connectivity index (χ1) is 14.1. The van der Waals surface area contributed by atoms with Gasteiger partial charge in [0.15, 0.2) is 6.54 Å². The number of morpholine rings is 1. The molecule has 2 aliphatic rings. The molecule has 8 nitrogen and oxygen atoms in total. The van der Waals surface area contributed by atoms with Crippen molar-refractivity contribution >= 4 is 23.9 Å². The van der Waals surface area contributed by atoms with Gasteiger partial charge in [-0.05, 0) is 23.8 Å². The molecule has 0 aliphatic carbocycles. The molecule has 8 heteroatoms. The highest BCUT2D eigenvalue weighted by Crippen LogP contribution is 2.08. The number of ether oxygens (including phenoxy) is 2. The van der Waals surface area contributed by atoms with Crippen molar-refractivity contribution in [3.05, 3.63) is 41.5 Å². The number of amides is 2. The van der Waals surface area contributed by atoms with Crippen LogP contribution in [0, 0.1) is 0 Å². The number of nitrogens with one attached hydrogen (secondary N) is 1. The Morgan fingerprint density at radius 2 is 1.69 bits per heavy atom. The number of carbonyl (C=O) groups excluding carboxylic acids is 3. The van der Waals surface area contributed by atoms with Crippen LogP contribution in [0.3, 0.4) is 0 Å². The summed E-state index contributed by atoms with van der Waals surface area (Å²) in [6, 6.07) is 6.89. The fourth-order valence-corrected chi connectivity index (χ4v) is 3.48. The van der Waals surface area contributed by atoms with Crippen molar-refractivity contribution in [2.75, 3.05) is 66.1 Å². The lowest BCUT2D eigenvalue weighted by Crippen LogP contribution is -3.15. The van der Waals surface area contributed by atoms with Crippen LogP contribution in [-0.4, -0.2) is 93.7 Å². The van der Waals surface area contributed by atoms with Gasteiger partial charge in [0.25, 0.3) is 5.91 Å². The summed E-state index contributed by atoms with van der Waals surface area (Å²) < 4.78 is 9.96. The standard InChI is InChI=1S/C21H27N3O5/c1-28-21(27)18-5-2-17(3-6-18)4-7-19(25)23-10-8-22(9-11-23)16-20(26)24-12-14-29-15-13-24/h2-7H,8-16H2,1H3/p+1/b7-4+. The second-order valence-corrected chi connectivity index (χ2v) is 7.19. The molecule has 2 aliphatic heterocycles. The average molecular weight is 402 g/mol. The lowest BCUT2D eigenvalue weighted by molar-refractivity contribution is -0.896. The number of carbonyl (C=O) groups is 3. The summed E-state index contributed by atoms with van der Waals surface area (Å²) in [5.74, 6) is -0.261. The third kappa shape index (κ3) is 5.88.